The summed E-state index contributed by atoms with van der Waals surface area (Å²) in [5, 5.41) is 17.4. The second kappa shape index (κ2) is 6.86. The molecule has 0 spiro atoms. The summed E-state index contributed by atoms with van der Waals surface area (Å²) >= 11 is 0. The van der Waals surface area contributed by atoms with Crippen molar-refractivity contribution in [1.29, 1.82) is 0 Å². The Morgan fingerprint density at radius 2 is 2.26 bits per heavy atom. The van der Waals surface area contributed by atoms with Crippen molar-refractivity contribution in [3.63, 3.8) is 0 Å². The zero-order valence-corrected chi connectivity index (χ0v) is 11.5. The van der Waals surface area contributed by atoms with Gasteiger partial charge in [0.05, 0.1) is 16.9 Å². The van der Waals surface area contributed by atoms with Gasteiger partial charge in [0.15, 0.2) is 6.04 Å². The van der Waals surface area contributed by atoms with Gasteiger partial charge < -0.3 is 15.4 Å². The third-order valence-corrected chi connectivity index (χ3v) is 2.91. The maximum Gasteiger partial charge on any atom is 0.390 e. The van der Waals surface area contributed by atoms with E-state index in [-0.39, 0.29) is 11.7 Å². The molecule has 7 heteroatoms. The summed E-state index contributed by atoms with van der Waals surface area (Å²) in [6, 6.07) is 0.882. The van der Waals surface area contributed by atoms with Crippen molar-refractivity contribution in [2.45, 2.75) is 46.1 Å². The first-order chi connectivity index (χ1) is 9.01. The van der Waals surface area contributed by atoms with E-state index in [1.165, 1.54) is 10.7 Å². The Morgan fingerprint density at radius 3 is 2.74 bits per heavy atom. The molecule has 0 saturated heterocycles. The maximum atomic E-state index is 12.0. The lowest BCUT2D eigenvalue weighted by Gasteiger charge is -2.13. The average Bonchev–Trinajstić information content (AvgIpc) is 2.73. The Bertz CT molecular complexity index is 456. The first-order valence-corrected chi connectivity index (χ1v) is 6.49. The van der Waals surface area contributed by atoms with Crippen molar-refractivity contribution in [2.75, 3.05) is 6.54 Å². The number of nitro groups is 1. The predicted octanol–water partition coefficient (Wildman–Crippen LogP) is 1.97. The van der Waals surface area contributed by atoms with Crippen LogP contribution in [0.5, 0.6) is 0 Å². The molecule has 1 atom stereocenters. The van der Waals surface area contributed by atoms with Crippen molar-refractivity contribution < 1.29 is 9.72 Å². The lowest BCUT2D eigenvalue weighted by Crippen LogP contribution is -2.33. The number of rotatable bonds is 7. The number of hydrogen-bond acceptors (Lipinski definition) is 4. The first kappa shape index (κ1) is 15.1. The number of amides is 1. The van der Waals surface area contributed by atoms with E-state index in [1.54, 1.807) is 6.92 Å². The van der Waals surface area contributed by atoms with Gasteiger partial charge in [0.25, 0.3) is 0 Å². The number of carbonyl (C=O) groups is 1. The second-order valence-electron chi connectivity index (χ2n) is 4.41. The van der Waals surface area contributed by atoms with Gasteiger partial charge in [-0.05, 0) is 24.7 Å². The number of hydrogen-bond donors (Lipinski definition) is 1. The van der Waals surface area contributed by atoms with Crippen molar-refractivity contribution >= 4 is 11.7 Å². The molecule has 1 N–H and O–H groups in total. The van der Waals surface area contributed by atoms with E-state index in [0.29, 0.717) is 18.7 Å². The molecule has 0 aromatic carbocycles. The van der Waals surface area contributed by atoms with Crippen molar-refractivity contribution in [3.8, 4) is 0 Å². The monoisotopic (exact) mass is 268 g/mol. The molecule has 0 radical (unpaired) electrons. The van der Waals surface area contributed by atoms with Crippen LogP contribution in [0.3, 0.4) is 0 Å². The third kappa shape index (κ3) is 3.77. The zero-order chi connectivity index (χ0) is 14.4. The van der Waals surface area contributed by atoms with Gasteiger partial charge in [-0.25, -0.2) is 0 Å². The molecule has 0 aliphatic heterocycles. The molecule has 1 aromatic rings. The van der Waals surface area contributed by atoms with Crippen LogP contribution in [0.1, 0.15) is 44.8 Å². The van der Waals surface area contributed by atoms with E-state index >= 15 is 0 Å². The molecule has 1 rings (SSSR count). The summed E-state index contributed by atoms with van der Waals surface area (Å²) < 4.78 is 1.43. The number of aromatic nitrogens is 2. The third-order valence-electron chi connectivity index (χ3n) is 2.91. The summed E-state index contributed by atoms with van der Waals surface area (Å²) in [5.74, 6) is -0.366. The van der Waals surface area contributed by atoms with Gasteiger partial charge in [0.2, 0.25) is 5.91 Å². The van der Waals surface area contributed by atoms with Crippen molar-refractivity contribution in [1.82, 2.24) is 15.1 Å². The molecule has 1 aromatic heterocycles. The zero-order valence-electron chi connectivity index (χ0n) is 11.5. The molecule has 1 amide bonds. The Kier molecular flexibility index (Phi) is 5.47. The highest BCUT2D eigenvalue weighted by atomic mass is 16.6. The molecular formula is C12H20N4O3. The molecule has 106 valence electrons. The molecule has 0 bridgehead atoms. The van der Waals surface area contributed by atoms with Gasteiger partial charge in [-0.15, -0.1) is 0 Å². The fourth-order valence-electron chi connectivity index (χ4n) is 1.85. The molecule has 0 fully saturated rings. The quantitative estimate of drug-likeness (QED) is 0.465. The Balaban J connectivity index is 2.84. The first-order valence-electron chi connectivity index (χ1n) is 6.49. The number of nitrogens with zero attached hydrogens (tertiary/aromatic N) is 3. The predicted molar refractivity (Wildman–Crippen MR) is 70.9 cm³/mol. The van der Waals surface area contributed by atoms with Gasteiger partial charge in [0, 0.05) is 6.54 Å². The Labute approximate surface area is 112 Å². The Morgan fingerprint density at radius 1 is 1.58 bits per heavy atom. The summed E-state index contributed by atoms with van der Waals surface area (Å²) in [6.07, 6.45) is 2.46. The van der Waals surface area contributed by atoms with Crippen LogP contribution in [-0.2, 0) is 4.79 Å². The van der Waals surface area contributed by atoms with Crippen LogP contribution >= 0.6 is 0 Å². The largest absolute Gasteiger partial charge is 0.390 e. The van der Waals surface area contributed by atoms with Crippen LogP contribution in [0.15, 0.2) is 6.07 Å². The molecule has 0 aliphatic carbocycles. The van der Waals surface area contributed by atoms with Crippen LogP contribution in [0.2, 0.25) is 0 Å². The van der Waals surface area contributed by atoms with Crippen LogP contribution in [0.4, 0.5) is 5.82 Å². The average molecular weight is 268 g/mol. The number of aryl methyl sites for hydroxylation is 1. The highest BCUT2D eigenvalue weighted by Crippen LogP contribution is 2.18. The van der Waals surface area contributed by atoms with Crippen LogP contribution in [0, 0.1) is 17.0 Å². The number of unbranched alkanes of at least 4 members (excludes halogenated alkanes) is 1. The van der Waals surface area contributed by atoms with Crippen LogP contribution in [0.25, 0.3) is 0 Å². The molecular weight excluding hydrogens is 248 g/mol. The topological polar surface area (TPSA) is 90.1 Å². The lowest BCUT2D eigenvalue weighted by atomic mass is 10.2. The number of carbonyl (C=O) groups excluding carboxylic acids is 1. The van der Waals surface area contributed by atoms with Gasteiger partial charge >= 0.3 is 5.82 Å². The van der Waals surface area contributed by atoms with Gasteiger partial charge in [-0.1, -0.05) is 20.3 Å². The van der Waals surface area contributed by atoms with Crippen molar-refractivity contribution in [2.24, 2.45) is 0 Å². The Hall–Kier alpha value is -1.92. The van der Waals surface area contributed by atoms with E-state index in [2.05, 4.69) is 10.4 Å². The van der Waals surface area contributed by atoms with E-state index in [0.717, 1.165) is 12.8 Å². The van der Waals surface area contributed by atoms with Gasteiger partial charge in [-0.3, -0.25) is 4.79 Å². The smallest absolute Gasteiger partial charge is 0.358 e. The normalized spacial score (nSPS) is 12.2. The summed E-state index contributed by atoms with van der Waals surface area (Å²) in [7, 11) is 0. The van der Waals surface area contributed by atoms with Gasteiger partial charge in [-0.2, -0.15) is 4.68 Å². The van der Waals surface area contributed by atoms with Crippen LogP contribution in [-0.4, -0.2) is 27.2 Å². The molecule has 19 heavy (non-hydrogen) atoms. The molecule has 0 aliphatic rings. The van der Waals surface area contributed by atoms with Gasteiger partial charge in [0.1, 0.15) is 0 Å². The summed E-state index contributed by atoms with van der Waals surface area (Å²) in [5.41, 5.74) is 0.615. The van der Waals surface area contributed by atoms with E-state index in [1.807, 2.05) is 13.8 Å². The van der Waals surface area contributed by atoms with Crippen molar-refractivity contribution in [3.05, 3.63) is 21.9 Å². The minimum atomic E-state index is -0.550. The standard InChI is InChI=1S/C12H20N4O3/c1-4-6-7-13-12(17)10(5-2)15-9(3)8-11(14-15)16(18)19/h8,10H,4-7H2,1-3H3,(H,13,17). The minimum Gasteiger partial charge on any atom is -0.358 e. The van der Waals surface area contributed by atoms with E-state index < -0.39 is 11.0 Å². The SMILES string of the molecule is CCCCNC(=O)C(CC)n1nc([N+](=O)[O-])cc1C. The van der Waals surface area contributed by atoms with E-state index in [4.69, 9.17) is 0 Å². The highest BCUT2D eigenvalue weighted by molar-refractivity contribution is 5.80. The minimum absolute atomic E-state index is 0.142. The number of nitrogens with one attached hydrogen (secondary N) is 1. The molecule has 1 unspecified atom stereocenters. The molecule has 7 nitrogen and oxygen atoms in total. The summed E-state index contributed by atoms with van der Waals surface area (Å²) in [6.45, 7) is 6.23. The molecule has 1 heterocycles. The summed E-state index contributed by atoms with van der Waals surface area (Å²) in [4.78, 5) is 22.2. The maximum absolute atomic E-state index is 12.0. The molecule has 0 saturated carbocycles. The van der Waals surface area contributed by atoms with Crippen LogP contribution < -0.4 is 5.32 Å². The van der Waals surface area contributed by atoms with E-state index in [9.17, 15) is 14.9 Å². The fraction of sp³-hybridized carbons (Fsp3) is 0.667. The highest BCUT2D eigenvalue weighted by Gasteiger charge is 2.26. The second-order valence-corrected chi connectivity index (χ2v) is 4.41. The fourth-order valence-corrected chi connectivity index (χ4v) is 1.85. The lowest BCUT2D eigenvalue weighted by molar-refractivity contribution is -0.389.